The van der Waals surface area contributed by atoms with Gasteiger partial charge in [-0.25, -0.2) is 0 Å². The normalized spacial score (nSPS) is 15.2. The molecule has 0 aromatic heterocycles. The number of piperazine rings is 1. The van der Waals surface area contributed by atoms with Crippen molar-refractivity contribution in [1.29, 1.82) is 0 Å². The maximum absolute atomic E-state index is 12.6. The van der Waals surface area contributed by atoms with Gasteiger partial charge < -0.3 is 14.9 Å². The first-order valence-corrected chi connectivity index (χ1v) is 8.48. The summed E-state index contributed by atoms with van der Waals surface area (Å²) >= 11 is 0. The van der Waals surface area contributed by atoms with E-state index in [-0.39, 0.29) is 19.2 Å². The van der Waals surface area contributed by atoms with Crippen LogP contribution in [0, 0.1) is 0 Å². The standard InChI is InChI=1S/C20H22N2O3.CH4/c1-15(23)19(24)21-11-13-22(14-12-21)20(25)18-9-7-17(8-10-18)16-5-3-2-4-6-16;/h2-10,15,23H,11-14H2,1H3;1H4/t15-;/m0./s1. The van der Waals surface area contributed by atoms with Gasteiger partial charge in [0.05, 0.1) is 0 Å². The van der Waals surface area contributed by atoms with Crippen LogP contribution >= 0.6 is 0 Å². The number of aliphatic hydroxyl groups is 1. The van der Waals surface area contributed by atoms with E-state index >= 15 is 0 Å². The lowest BCUT2D eigenvalue weighted by Gasteiger charge is -2.35. The molecule has 1 aliphatic rings. The summed E-state index contributed by atoms with van der Waals surface area (Å²) in [6.45, 7) is 3.35. The lowest BCUT2D eigenvalue weighted by atomic mass is 10.0. The average Bonchev–Trinajstić information content (AvgIpc) is 2.67. The van der Waals surface area contributed by atoms with Crippen molar-refractivity contribution in [2.24, 2.45) is 0 Å². The fourth-order valence-electron chi connectivity index (χ4n) is 3.01. The van der Waals surface area contributed by atoms with Crippen molar-refractivity contribution < 1.29 is 14.7 Å². The SMILES string of the molecule is C.C[C@H](O)C(=O)N1CCN(C(=O)c2ccc(-c3ccccc3)cc2)CC1. The van der Waals surface area contributed by atoms with Gasteiger partial charge in [-0.15, -0.1) is 0 Å². The molecule has 1 N–H and O–H groups in total. The van der Waals surface area contributed by atoms with Gasteiger partial charge in [0.15, 0.2) is 0 Å². The Morgan fingerprint density at radius 3 is 1.88 bits per heavy atom. The van der Waals surface area contributed by atoms with Gasteiger partial charge in [-0.05, 0) is 30.2 Å². The molecular formula is C21H26N2O3. The van der Waals surface area contributed by atoms with Gasteiger partial charge in [0.1, 0.15) is 6.10 Å². The maximum Gasteiger partial charge on any atom is 0.253 e. The highest BCUT2D eigenvalue weighted by molar-refractivity contribution is 5.95. The molecule has 0 saturated carbocycles. The van der Waals surface area contributed by atoms with Crippen LogP contribution in [0.5, 0.6) is 0 Å². The Morgan fingerprint density at radius 2 is 1.35 bits per heavy atom. The quantitative estimate of drug-likeness (QED) is 0.922. The number of nitrogens with zero attached hydrogens (tertiary/aromatic N) is 2. The molecule has 2 aromatic carbocycles. The third-order valence-electron chi connectivity index (χ3n) is 4.47. The Hall–Kier alpha value is -2.66. The van der Waals surface area contributed by atoms with Crippen LogP contribution in [0.3, 0.4) is 0 Å². The highest BCUT2D eigenvalue weighted by atomic mass is 16.3. The van der Waals surface area contributed by atoms with Gasteiger partial charge in [-0.2, -0.15) is 0 Å². The first-order chi connectivity index (χ1) is 12.1. The van der Waals surface area contributed by atoms with E-state index in [1.165, 1.54) is 6.92 Å². The Balaban J connectivity index is 0.00000243. The van der Waals surface area contributed by atoms with Gasteiger partial charge in [-0.3, -0.25) is 9.59 Å². The predicted octanol–water partition coefficient (Wildman–Crippen LogP) is 2.65. The van der Waals surface area contributed by atoms with Crippen molar-refractivity contribution in [3.05, 3.63) is 60.2 Å². The highest BCUT2D eigenvalue weighted by Gasteiger charge is 2.26. The molecule has 1 fully saturated rings. The van der Waals surface area contributed by atoms with E-state index < -0.39 is 6.10 Å². The van der Waals surface area contributed by atoms with Crippen molar-refractivity contribution in [1.82, 2.24) is 9.80 Å². The second-order valence-corrected chi connectivity index (χ2v) is 6.24. The molecule has 138 valence electrons. The van der Waals surface area contributed by atoms with Gasteiger partial charge in [0, 0.05) is 31.7 Å². The van der Waals surface area contributed by atoms with E-state index in [9.17, 15) is 14.7 Å². The molecule has 0 radical (unpaired) electrons. The molecule has 3 rings (SSSR count). The maximum atomic E-state index is 12.6. The molecule has 0 unspecified atom stereocenters. The molecule has 0 aliphatic carbocycles. The molecule has 1 saturated heterocycles. The summed E-state index contributed by atoms with van der Waals surface area (Å²) in [7, 11) is 0. The molecule has 2 aromatic rings. The number of aliphatic hydroxyl groups excluding tert-OH is 1. The van der Waals surface area contributed by atoms with E-state index in [2.05, 4.69) is 0 Å². The Bertz CT molecular complexity index is 734. The largest absolute Gasteiger partial charge is 0.384 e. The minimum atomic E-state index is -0.993. The molecule has 0 bridgehead atoms. The number of benzene rings is 2. The minimum Gasteiger partial charge on any atom is -0.384 e. The monoisotopic (exact) mass is 354 g/mol. The molecule has 1 aliphatic heterocycles. The zero-order chi connectivity index (χ0) is 17.8. The molecule has 2 amide bonds. The zero-order valence-electron chi connectivity index (χ0n) is 14.3. The number of amides is 2. The van der Waals surface area contributed by atoms with Crippen molar-refractivity contribution in [3.63, 3.8) is 0 Å². The fraction of sp³-hybridized carbons (Fsp3) is 0.333. The topological polar surface area (TPSA) is 60.9 Å². The summed E-state index contributed by atoms with van der Waals surface area (Å²) < 4.78 is 0. The summed E-state index contributed by atoms with van der Waals surface area (Å²) in [5.41, 5.74) is 2.84. The van der Waals surface area contributed by atoms with Crippen molar-refractivity contribution >= 4 is 11.8 Å². The molecule has 5 nitrogen and oxygen atoms in total. The van der Waals surface area contributed by atoms with Crippen LogP contribution in [0.2, 0.25) is 0 Å². The predicted molar refractivity (Wildman–Crippen MR) is 103 cm³/mol. The average molecular weight is 354 g/mol. The summed E-state index contributed by atoms with van der Waals surface area (Å²) in [6, 6.07) is 17.6. The van der Waals surface area contributed by atoms with Crippen LogP contribution in [-0.4, -0.2) is 59.0 Å². The second kappa shape index (κ2) is 8.63. The molecule has 1 atom stereocenters. The van der Waals surface area contributed by atoms with Gasteiger partial charge >= 0.3 is 0 Å². The van der Waals surface area contributed by atoms with Crippen LogP contribution in [0.1, 0.15) is 24.7 Å². The summed E-state index contributed by atoms with van der Waals surface area (Å²) in [6.07, 6.45) is -0.993. The molecule has 1 heterocycles. The van der Waals surface area contributed by atoms with E-state index in [0.29, 0.717) is 31.7 Å². The van der Waals surface area contributed by atoms with Crippen molar-refractivity contribution in [3.8, 4) is 11.1 Å². The molecule has 26 heavy (non-hydrogen) atoms. The molecular weight excluding hydrogens is 328 g/mol. The van der Waals surface area contributed by atoms with E-state index in [1.54, 1.807) is 9.80 Å². The zero-order valence-corrected chi connectivity index (χ0v) is 14.3. The molecule has 0 spiro atoms. The Morgan fingerprint density at radius 1 is 0.846 bits per heavy atom. The lowest BCUT2D eigenvalue weighted by molar-refractivity contribution is -0.140. The van der Waals surface area contributed by atoms with Crippen LogP contribution in [0.15, 0.2) is 54.6 Å². The van der Waals surface area contributed by atoms with Crippen LogP contribution in [0.25, 0.3) is 11.1 Å². The summed E-state index contributed by atoms with van der Waals surface area (Å²) in [4.78, 5) is 27.8. The highest BCUT2D eigenvalue weighted by Crippen LogP contribution is 2.20. The van der Waals surface area contributed by atoms with Crippen LogP contribution in [-0.2, 0) is 4.79 Å². The van der Waals surface area contributed by atoms with Gasteiger partial charge in [-0.1, -0.05) is 49.9 Å². The van der Waals surface area contributed by atoms with E-state index in [0.717, 1.165) is 11.1 Å². The number of carbonyl (C=O) groups is 2. The summed E-state index contributed by atoms with van der Waals surface area (Å²) in [5, 5.41) is 9.37. The van der Waals surface area contributed by atoms with Crippen molar-refractivity contribution in [2.45, 2.75) is 20.5 Å². The van der Waals surface area contributed by atoms with Crippen molar-refractivity contribution in [2.75, 3.05) is 26.2 Å². The second-order valence-electron chi connectivity index (χ2n) is 6.24. The first kappa shape index (κ1) is 19.7. The first-order valence-electron chi connectivity index (χ1n) is 8.48. The van der Waals surface area contributed by atoms with Gasteiger partial charge in [0.2, 0.25) is 0 Å². The minimum absolute atomic E-state index is 0. The molecule has 5 heteroatoms. The third-order valence-corrected chi connectivity index (χ3v) is 4.47. The lowest BCUT2D eigenvalue weighted by Crippen LogP contribution is -2.52. The Kier molecular flexibility index (Phi) is 6.52. The van der Waals surface area contributed by atoms with Gasteiger partial charge in [0.25, 0.3) is 11.8 Å². The van der Waals surface area contributed by atoms with E-state index in [4.69, 9.17) is 0 Å². The Labute approximate surface area is 154 Å². The fourth-order valence-corrected chi connectivity index (χ4v) is 3.01. The van der Waals surface area contributed by atoms with Crippen LogP contribution < -0.4 is 0 Å². The number of rotatable bonds is 3. The third kappa shape index (κ3) is 4.29. The smallest absolute Gasteiger partial charge is 0.253 e. The summed E-state index contributed by atoms with van der Waals surface area (Å²) in [5.74, 6) is -0.303. The number of hydrogen-bond acceptors (Lipinski definition) is 3. The number of hydrogen-bond donors (Lipinski definition) is 1. The number of carbonyl (C=O) groups excluding carboxylic acids is 2. The van der Waals surface area contributed by atoms with E-state index in [1.807, 2.05) is 54.6 Å². The van der Waals surface area contributed by atoms with Crippen LogP contribution in [0.4, 0.5) is 0 Å².